The molecule has 74 valence electrons. The third kappa shape index (κ3) is 1.50. The van der Waals surface area contributed by atoms with Crippen molar-refractivity contribution >= 4 is 21.7 Å². The second-order valence-electron chi connectivity index (χ2n) is 4.08. The molecular formula is C11H10BrFO. The zero-order valence-corrected chi connectivity index (χ0v) is 9.40. The fourth-order valence-electron chi connectivity index (χ4n) is 1.97. The molecule has 0 spiro atoms. The maximum atomic E-state index is 13.0. The smallest absolute Gasteiger partial charge is 0.134 e. The third-order valence-electron chi connectivity index (χ3n) is 2.75. The molecule has 0 atom stereocenters. The van der Waals surface area contributed by atoms with E-state index in [2.05, 4.69) is 15.9 Å². The number of rotatable bonds is 1. The van der Waals surface area contributed by atoms with E-state index >= 15 is 0 Å². The normalized spacial score (nSPS) is 19.2. The van der Waals surface area contributed by atoms with Gasteiger partial charge in [0.2, 0.25) is 0 Å². The lowest BCUT2D eigenvalue weighted by Gasteiger charge is -2.38. The van der Waals surface area contributed by atoms with Crippen LogP contribution in [0.25, 0.3) is 0 Å². The van der Waals surface area contributed by atoms with Crippen LogP contribution < -0.4 is 0 Å². The van der Waals surface area contributed by atoms with Crippen molar-refractivity contribution in [3.63, 3.8) is 0 Å². The van der Waals surface area contributed by atoms with Gasteiger partial charge in [0.25, 0.3) is 0 Å². The SMILES string of the molecule is CC1(c2cc(F)ccc2Br)CC(=O)C1. The first kappa shape index (κ1) is 9.84. The minimum absolute atomic E-state index is 0.169. The van der Waals surface area contributed by atoms with E-state index in [0.717, 1.165) is 10.0 Å². The Morgan fingerprint density at radius 1 is 1.43 bits per heavy atom. The largest absolute Gasteiger partial charge is 0.300 e. The van der Waals surface area contributed by atoms with Gasteiger partial charge < -0.3 is 0 Å². The highest BCUT2D eigenvalue weighted by atomic mass is 79.9. The van der Waals surface area contributed by atoms with Crippen molar-refractivity contribution in [1.29, 1.82) is 0 Å². The Balaban J connectivity index is 2.41. The highest BCUT2D eigenvalue weighted by molar-refractivity contribution is 9.10. The number of hydrogen-bond acceptors (Lipinski definition) is 1. The van der Waals surface area contributed by atoms with Crippen molar-refractivity contribution in [2.24, 2.45) is 0 Å². The molecule has 0 saturated heterocycles. The van der Waals surface area contributed by atoms with E-state index in [1.165, 1.54) is 12.1 Å². The topological polar surface area (TPSA) is 17.1 Å². The summed E-state index contributed by atoms with van der Waals surface area (Å²) < 4.78 is 13.9. The van der Waals surface area contributed by atoms with Crippen molar-refractivity contribution in [3.05, 3.63) is 34.1 Å². The minimum atomic E-state index is -0.247. The molecule has 0 heterocycles. The van der Waals surface area contributed by atoms with E-state index in [9.17, 15) is 9.18 Å². The summed E-state index contributed by atoms with van der Waals surface area (Å²) in [5.74, 6) is 0.00688. The van der Waals surface area contributed by atoms with Gasteiger partial charge in [0.15, 0.2) is 0 Å². The van der Waals surface area contributed by atoms with Gasteiger partial charge >= 0.3 is 0 Å². The predicted octanol–water partition coefficient (Wildman–Crippen LogP) is 3.21. The molecule has 1 aromatic rings. The van der Waals surface area contributed by atoms with Crippen LogP contribution in [0.5, 0.6) is 0 Å². The van der Waals surface area contributed by atoms with E-state index in [1.807, 2.05) is 6.92 Å². The van der Waals surface area contributed by atoms with E-state index in [1.54, 1.807) is 6.07 Å². The average molecular weight is 257 g/mol. The molecule has 1 aliphatic rings. The number of carbonyl (C=O) groups is 1. The second-order valence-corrected chi connectivity index (χ2v) is 4.93. The van der Waals surface area contributed by atoms with E-state index < -0.39 is 0 Å². The molecule has 2 rings (SSSR count). The molecule has 0 radical (unpaired) electrons. The first-order chi connectivity index (χ1) is 6.51. The van der Waals surface area contributed by atoms with Crippen molar-refractivity contribution in [1.82, 2.24) is 0 Å². The van der Waals surface area contributed by atoms with Gasteiger partial charge in [0.05, 0.1) is 0 Å². The molecule has 0 amide bonds. The molecule has 14 heavy (non-hydrogen) atoms. The number of halogens is 2. The highest BCUT2D eigenvalue weighted by Crippen LogP contribution is 2.43. The molecular weight excluding hydrogens is 247 g/mol. The Bertz CT molecular complexity index is 392. The lowest BCUT2D eigenvalue weighted by molar-refractivity contribution is -0.127. The van der Waals surface area contributed by atoms with Gasteiger partial charge in [0.1, 0.15) is 11.6 Å². The van der Waals surface area contributed by atoms with Crippen LogP contribution in [-0.2, 0) is 10.2 Å². The maximum Gasteiger partial charge on any atom is 0.134 e. The molecule has 1 fully saturated rings. The third-order valence-corrected chi connectivity index (χ3v) is 3.44. The van der Waals surface area contributed by atoms with Crippen LogP contribution in [0.15, 0.2) is 22.7 Å². The number of hydrogen-bond donors (Lipinski definition) is 0. The number of Topliss-reactive ketones (excluding diaryl/α,β-unsaturated/α-hetero) is 1. The first-order valence-corrected chi connectivity index (χ1v) is 5.28. The summed E-state index contributed by atoms with van der Waals surface area (Å²) in [5, 5.41) is 0. The summed E-state index contributed by atoms with van der Waals surface area (Å²) in [7, 11) is 0. The number of benzene rings is 1. The maximum absolute atomic E-state index is 13.0. The van der Waals surface area contributed by atoms with Crippen molar-refractivity contribution in [3.8, 4) is 0 Å². The molecule has 1 aliphatic carbocycles. The zero-order valence-electron chi connectivity index (χ0n) is 7.81. The van der Waals surface area contributed by atoms with Gasteiger partial charge in [-0.2, -0.15) is 0 Å². The Kier molecular flexibility index (Phi) is 2.22. The fraction of sp³-hybridized carbons (Fsp3) is 0.364. The lowest BCUT2D eigenvalue weighted by Crippen LogP contribution is -2.39. The van der Waals surface area contributed by atoms with Crippen molar-refractivity contribution in [2.45, 2.75) is 25.2 Å². The Labute approximate surface area is 90.4 Å². The van der Waals surface area contributed by atoms with Crippen molar-refractivity contribution < 1.29 is 9.18 Å². The van der Waals surface area contributed by atoms with Crippen LogP contribution in [-0.4, -0.2) is 5.78 Å². The quantitative estimate of drug-likeness (QED) is 0.755. The van der Waals surface area contributed by atoms with Gasteiger partial charge in [0, 0.05) is 22.7 Å². The number of carbonyl (C=O) groups excluding carboxylic acids is 1. The van der Waals surface area contributed by atoms with Crippen LogP contribution in [0.1, 0.15) is 25.3 Å². The zero-order chi connectivity index (χ0) is 10.3. The summed E-state index contributed by atoms with van der Waals surface area (Å²) in [6.07, 6.45) is 1.05. The summed E-state index contributed by atoms with van der Waals surface area (Å²) in [6.45, 7) is 1.99. The average Bonchev–Trinajstić information content (AvgIpc) is 2.07. The first-order valence-electron chi connectivity index (χ1n) is 4.48. The molecule has 3 heteroatoms. The highest BCUT2D eigenvalue weighted by Gasteiger charge is 2.41. The van der Waals surface area contributed by atoms with Crippen LogP contribution >= 0.6 is 15.9 Å². The molecule has 0 aromatic heterocycles. The van der Waals surface area contributed by atoms with E-state index in [-0.39, 0.29) is 17.0 Å². The second kappa shape index (κ2) is 3.16. The van der Waals surface area contributed by atoms with Crippen molar-refractivity contribution in [2.75, 3.05) is 0 Å². The molecule has 1 nitrogen and oxygen atoms in total. The van der Waals surface area contributed by atoms with Crippen LogP contribution in [0, 0.1) is 5.82 Å². The van der Waals surface area contributed by atoms with E-state index in [4.69, 9.17) is 0 Å². The Hall–Kier alpha value is -0.700. The van der Waals surface area contributed by atoms with Crippen LogP contribution in [0.3, 0.4) is 0 Å². The van der Waals surface area contributed by atoms with Crippen LogP contribution in [0.2, 0.25) is 0 Å². The monoisotopic (exact) mass is 256 g/mol. The van der Waals surface area contributed by atoms with Gasteiger partial charge in [-0.1, -0.05) is 22.9 Å². The number of ketones is 1. The summed E-state index contributed by atoms with van der Waals surface area (Å²) >= 11 is 3.38. The summed E-state index contributed by atoms with van der Waals surface area (Å²) in [6, 6.07) is 4.62. The fourth-order valence-corrected chi connectivity index (χ4v) is 2.69. The molecule has 1 aromatic carbocycles. The Morgan fingerprint density at radius 3 is 2.64 bits per heavy atom. The minimum Gasteiger partial charge on any atom is -0.300 e. The summed E-state index contributed by atoms with van der Waals surface area (Å²) in [5.41, 5.74) is 0.731. The van der Waals surface area contributed by atoms with Gasteiger partial charge in [-0.05, 0) is 23.8 Å². The van der Waals surface area contributed by atoms with Gasteiger partial charge in [-0.3, -0.25) is 4.79 Å². The molecule has 0 aliphatic heterocycles. The Morgan fingerprint density at radius 2 is 2.07 bits per heavy atom. The van der Waals surface area contributed by atoms with E-state index in [0.29, 0.717) is 12.8 Å². The van der Waals surface area contributed by atoms with Gasteiger partial charge in [-0.15, -0.1) is 0 Å². The van der Waals surface area contributed by atoms with Crippen LogP contribution in [0.4, 0.5) is 4.39 Å². The standard InChI is InChI=1S/C11H10BrFO/c1-11(5-8(14)6-11)9-4-7(13)2-3-10(9)12/h2-4H,5-6H2,1H3. The molecule has 0 unspecified atom stereocenters. The summed E-state index contributed by atoms with van der Waals surface area (Å²) in [4.78, 5) is 11.0. The molecule has 0 bridgehead atoms. The predicted molar refractivity (Wildman–Crippen MR) is 55.7 cm³/mol. The lowest BCUT2D eigenvalue weighted by atomic mass is 9.65. The molecule has 0 N–H and O–H groups in total. The molecule has 1 saturated carbocycles. The van der Waals surface area contributed by atoms with Gasteiger partial charge in [-0.25, -0.2) is 4.39 Å².